The molecule has 1 unspecified atom stereocenters. The fourth-order valence-electron chi connectivity index (χ4n) is 5.50. The molecule has 0 bridgehead atoms. The van der Waals surface area contributed by atoms with Gasteiger partial charge < -0.3 is 19.3 Å². The molecule has 1 aliphatic carbocycles. The number of halogens is 2. The van der Waals surface area contributed by atoms with Crippen molar-refractivity contribution >= 4 is 46.1 Å². The summed E-state index contributed by atoms with van der Waals surface area (Å²) in [5.41, 5.74) is 0.601. The number of imide groups is 1. The zero-order valence-electron chi connectivity index (χ0n) is 22.1. The summed E-state index contributed by atoms with van der Waals surface area (Å²) in [5.74, 6) is -0.0684. The number of amides is 2. The fourth-order valence-corrected chi connectivity index (χ4v) is 7.73. The molecule has 2 aliphatic rings. The second-order valence-corrected chi connectivity index (χ2v) is 13.3. The lowest BCUT2D eigenvalue weighted by molar-refractivity contribution is -0.170. The third kappa shape index (κ3) is 7.64. The highest BCUT2D eigenvalue weighted by Crippen LogP contribution is 2.55. The van der Waals surface area contributed by atoms with Crippen LogP contribution < -0.4 is 5.32 Å². The van der Waals surface area contributed by atoms with E-state index in [1.54, 1.807) is 7.11 Å². The minimum Gasteiger partial charge on any atom is -0.443 e. The van der Waals surface area contributed by atoms with E-state index in [9.17, 15) is 14.7 Å². The topological polar surface area (TPSA) is 97.4 Å². The summed E-state index contributed by atoms with van der Waals surface area (Å²) >= 11 is 11.5. The van der Waals surface area contributed by atoms with E-state index in [0.717, 1.165) is 17.7 Å². The van der Waals surface area contributed by atoms with E-state index in [2.05, 4.69) is 17.6 Å². The Morgan fingerprint density at radius 3 is 2.57 bits per heavy atom. The summed E-state index contributed by atoms with van der Waals surface area (Å²) in [6.45, 7) is 6.09. The number of carbonyl (C=O) groups excluding carboxylic acids is 2. The molecule has 1 saturated carbocycles. The number of aliphatic hydroxyl groups is 1. The Bertz CT molecular complexity index is 988. The molecule has 37 heavy (non-hydrogen) atoms. The molecule has 1 saturated heterocycles. The zero-order chi connectivity index (χ0) is 27.4. The number of carbonyl (C=O) groups is 2. The lowest BCUT2D eigenvalue weighted by Crippen LogP contribution is -2.63. The van der Waals surface area contributed by atoms with Gasteiger partial charge in [0.05, 0.1) is 18.3 Å². The number of allylic oxidation sites excluding steroid dienone is 1. The van der Waals surface area contributed by atoms with Crippen LogP contribution in [0, 0.1) is 5.92 Å². The minimum atomic E-state index is -1.10. The molecule has 2 fully saturated rings. The van der Waals surface area contributed by atoms with Gasteiger partial charge in [-0.1, -0.05) is 35.4 Å². The number of ether oxygens (including phenoxy) is 3. The van der Waals surface area contributed by atoms with E-state index in [4.69, 9.17) is 37.4 Å². The fraction of sp³-hybridized carbons (Fsp3) is 0.630. The van der Waals surface area contributed by atoms with Crippen molar-refractivity contribution in [1.82, 2.24) is 5.32 Å². The van der Waals surface area contributed by atoms with Crippen molar-refractivity contribution in [2.45, 2.75) is 75.3 Å². The van der Waals surface area contributed by atoms with Crippen molar-refractivity contribution in [2.75, 3.05) is 25.0 Å². The first-order valence-corrected chi connectivity index (χ1v) is 15.3. The molecule has 1 aromatic carbocycles. The molecule has 10 heteroatoms. The van der Waals surface area contributed by atoms with Crippen molar-refractivity contribution in [3.63, 3.8) is 0 Å². The highest BCUT2D eigenvalue weighted by Gasteiger charge is 2.68. The predicted octanol–water partition coefficient (Wildman–Crippen LogP) is 4.62. The number of alkyl halides is 1. The molecule has 1 aliphatic heterocycles. The number of methoxy groups -OCH3 is 1. The summed E-state index contributed by atoms with van der Waals surface area (Å²) in [6, 6.07) is 7.78. The molecule has 3 rings (SSSR count). The van der Waals surface area contributed by atoms with Crippen molar-refractivity contribution in [2.24, 2.45) is 5.92 Å². The van der Waals surface area contributed by atoms with Crippen molar-refractivity contribution in [1.29, 1.82) is 0 Å². The van der Waals surface area contributed by atoms with Crippen LogP contribution in [-0.4, -0.2) is 71.6 Å². The normalized spacial score (nSPS) is 31.8. The smallest absolute Gasteiger partial charge is 0.414 e. The summed E-state index contributed by atoms with van der Waals surface area (Å²) in [7, 11) is 1.40. The molecular formula is C27H38Cl2NO6S+. The van der Waals surface area contributed by atoms with Gasteiger partial charge in [0, 0.05) is 17.7 Å². The van der Waals surface area contributed by atoms with E-state index >= 15 is 0 Å². The maximum atomic E-state index is 12.3. The van der Waals surface area contributed by atoms with Crippen LogP contribution in [0.5, 0.6) is 0 Å². The van der Waals surface area contributed by atoms with E-state index < -0.39 is 41.3 Å². The zero-order valence-corrected chi connectivity index (χ0v) is 24.4. The Morgan fingerprint density at radius 1 is 1.30 bits per heavy atom. The van der Waals surface area contributed by atoms with Crippen molar-refractivity contribution < 1.29 is 28.9 Å². The van der Waals surface area contributed by atoms with Crippen LogP contribution in [0.2, 0.25) is 5.02 Å². The molecule has 2 amide bonds. The van der Waals surface area contributed by atoms with Gasteiger partial charge in [-0.2, -0.15) is 0 Å². The van der Waals surface area contributed by atoms with Crippen LogP contribution in [-0.2, 0) is 35.7 Å². The average Bonchev–Trinajstić information content (AvgIpc) is 3.49. The third-order valence-corrected chi connectivity index (χ3v) is 9.50. The quantitative estimate of drug-likeness (QED) is 0.183. The number of epoxide rings is 1. The largest absolute Gasteiger partial charge is 0.443 e. The van der Waals surface area contributed by atoms with Crippen molar-refractivity contribution in [3.05, 3.63) is 46.5 Å². The van der Waals surface area contributed by atoms with Gasteiger partial charge in [-0.25, -0.2) is 4.79 Å². The van der Waals surface area contributed by atoms with Gasteiger partial charge in [0.15, 0.2) is 0 Å². The molecule has 206 valence electrons. The number of rotatable bonds is 10. The Balaban J connectivity index is 1.84. The molecule has 7 atom stereocenters. The number of alkyl carbamates (subject to hydrolysis) is 1. The van der Waals surface area contributed by atoms with Crippen molar-refractivity contribution in [3.8, 4) is 0 Å². The van der Waals surface area contributed by atoms with E-state index in [-0.39, 0.29) is 22.9 Å². The van der Waals surface area contributed by atoms with Crippen LogP contribution in [0.1, 0.15) is 45.6 Å². The monoisotopic (exact) mass is 574 g/mol. The molecule has 1 aromatic rings. The third-order valence-electron chi connectivity index (χ3n) is 7.19. The van der Waals surface area contributed by atoms with E-state index in [1.807, 2.05) is 45.0 Å². The predicted molar refractivity (Wildman–Crippen MR) is 148 cm³/mol. The summed E-state index contributed by atoms with van der Waals surface area (Å²) in [6.07, 6.45) is 3.56. The standard InChI is InChI=1S/C27H37Cl2NO6S/c1-17(2)6-11-21-26(3,36-21)24-23(34-4)20(35-25(32)30-22(31)14-28)12-13-27(24,33)16-37(5)15-18-7-9-19(29)10-8-18/h6-10,20-21,23-24,33H,11-16H2,1-5H3/p+1/t20-,21-,23-,24-,26+,27+,37?/m1/s1. The molecule has 2 N–H and O–H groups in total. The molecule has 0 spiro atoms. The van der Waals surface area contributed by atoms with E-state index in [0.29, 0.717) is 23.6 Å². The van der Waals surface area contributed by atoms with Crippen LogP contribution in [0.4, 0.5) is 4.79 Å². The van der Waals surface area contributed by atoms with Crippen LogP contribution in [0.15, 0.2) is 35.9 Å². The number of benzene rings is 1. The van der Waals surface area contributed by atoms with E-state index in [1.165, 1.54) is 5.57 Å². The highest BCUT2D eigenvalue weighted by atomic mass is 35.5. The SMILES string of the molecule is CO[C@@H]1[C@H](OC(=O)NC(=O)CCl)CC[C@](O)(C[S+](C)Cc2ccc(Cl)cc2)[C@H]1[C@@]1(C)O[C@@H]1CC=C(C)C. The molecule has 0 radical (unpaired) electrons. The summed E-state index contributed by atoms with van der Waals surface area (Å²) in [4.78, 5) is 23.9. The second-order valence-electron chi connectivity index (χ2n) is 10.4. The molecular weight excluding hydrogens is 537 g/mol. The number of hydrogen-bond donors (Lipinski definition) is 2. The van der Waals surface area contributed by atoms with Crippen LogP contribution in [0.3, 0.4) is 0 Å². The summed E-state index contributed by atoms with van der Waals surface area (Å²) < 4.78 is 17.8. The number of hydrogen-bond acceptors (Lipinski definition) is 6. The first-order chi connectivity index (χ1) is 17.4. The van der Waals surface area contributed by atoms with Gasteiger partial charge in [-0.3, -0.25) is 10.1 Å². The molecule has 7 nitrogen and oxygen atoms in total. The van der Waals surface area contributed by atoms with Gasteiger partial charge in [-0.05, 0) is 63.1 Å². The lowest BCUT2D eigenvalue weighted by atomic mass is 9.66. The Kier molecular flexibility index (Phi) is 10.4. The first-order valence-electron chi connectivity index (χ1n) is 12.4. The van der Waals surface area contributed by atoms with Gasteiger partial charge in [0.2, 0.25) is 5.91 Å². The van der Waals surface area contributed by atoms with Gasteiger partial charge in [-0.15, -0.1) is 11.6 Å². The van der Waals surface area contributed by atoms with Gasteiger partial charge in [0.1, 0.15) is 40.8 Å². The lowest BCUT2D eigenvalue weighted by Gasteiger charge is -2.48. The summed E-state index contributed by atoms with van der Waals surface area (Å²) in [5, 5.41) is 15.0. The van der Waals surface area contributed by atoms with Gasteiger partial charge in [0.25, 0.3) is 0 Å². The first kappa shape index (κ1) is 30.3. The molecule has 0 aromatic heterocycles. The maximum Gasteiger partial charge on any atom is 0.414 e. The minimum absolute atomic E-state index is 0.0862. The van der Waals surface area contributed by atoms with Crippen LogP contribution >= 0.6 is 23.2 Å². The van der Waals surface area contributed by atoms with Crippen LogP contribution in [0.25, 0.3) is 0 Å². The molecule has 1 heterocycles. The average molecular weight is 576 g/mol. The Hall–Kier alpha value is -1.29. The Labute approximate surface area is 232 Å². The second kappa shape index (κ2) is 12.7. The number of nitrogens with one attached hydrogen (secondary N) is 1. The highest BCUT2D eigenvalue weighted by molar-refractivity contribution is 7.95. The van der Waals surface area contributed by atoms with Gasteiger partial charge >= 0.3 is 6.09 Å². The Morgan fingerprint density at radius 2 is 1.97 bits per heavy atom. The maximum absolute atomic E-state index is 12.3.